The van der Waals surface area contributed by atoms with Crippen LogP contribution in [0.4, 0.5) is 0 Å². The molecule has 1 saturated heterocycles. The van der Waals surface area contributed by atoms with Gasteiger partial charge in [-0.3, -0.25) is 9.48 Å². The summed E-state index contributed by atoms with van der Waals surface area (Å²) in [5.41, 5.74) is 2.47. The Labute approximate surface area is 128 Å². The zero-order valence-electron chi connectivity index (χ0n) is 12.3. The average molecular weight is 299 g/mol. The van der Waals surface area contributed by atoms with Crippen molar-refractivity contribution >= 4 is 11.9 Å². The van der Waals surface area contributed by atoms with E-state index in [2.05, 4.69) is 5.10 Å². The number of carbonyl (C=O) groups excluding carboxylic acids is 1. The van der Waals surface area contributed by atoms with E-state index in [0.29, 0.717) is 18.5 Å². The Balaban J connectivity index is 1.80. The third-order valence-electron chi connectivity index (χ3n) is 3.97. The molecule has 22 heavy (non-hydrogen) atoms. The molecule has 1 aromatic carbocycles. The summed E-state index contributed by atoms with van der Waals surface area (Å²) in [7, 11) is 1.85. The number of rotatable bonds is 3. The summed E-state index contributed by atoms with van der Waals surface area (Å²) < 4.78 is 1.72. The molecule has 6 heteroatoms. The van der Waals surface area contributed by atoms with E-state index in [9.17, 15) is 14.7 Å². The van der Waals surface area contributed by atoms with Crippen molar-refractivity contribution in [3.63, 3.8) is 0 Å². The van der Waals surface area contributed by atoms with E-state index in [1.165, 1.54) is 4.90 Å². The molecular formula is C16H17N3O3. The predicted octanol–water partition coefficient (Wildman–Crippen LogP) is 1.78. The lowest BCUT2D eigenvalue weighted by molar-refractivity contribution is -0.141. The van der Waals surface area contributed by atoms with Crippen molar-refractivity contribution in [3.8, 4) is 11.1 Å². The van der Waals surface area contributed by atoms with Crippen molar-refractivity contribution in [2.45, 2.75) is 18.9 Å². The molecule has 1 N–H and O–H groups in total. The number of carbonyl (C=O) groups is 2. The number of amides is 1. The number of carboxylic acid groups (broad SMARTS) is 1. The Kier molecular flexibility index (Phi) is 3.66. The summed E-state index contributed by atoms with van der Waals surface area (Å²) in [6, 6.07) is 6.49. The molecule has 3 rings (SSSR count). The lowest BCUT2D eigenvalue weighted by Crippen LogP contribution is -2.40. The number of aryl methyl sites for hydroxylation is 1. The number of hydrogen-bond acceptors (Lipinski definition) is 3. The molecule has 1 amide bonds. The zero-order chi connectivity index (χ0) is 15.7. The fraction of sp³-hybridized carbons (Fsp3) is 0.312. The average Bonchev–Trinajstić information content (AvgIpc) is 3.15. The van der Waals surface area contributed by atoms with Crippen LogP contribution in [0.2, 0.25) is 0 Å². The highest BCUT2D eigenvalue weighted by Crippen LogP contribution is 2.23. The summed E-state index contributed by atoms with van der Waals surface area (Å²) >= 11 is 0. The molecule has 1 unspecified atom stereocenters. The fourth-order valence-electron chi connectivity index (χ4n) is 2.81. The number of likely N-dealkylation sites (tertiary alicyclic amines) is 1. The number of hydrogen-bond donors (Lipinski definition) is 1. The minimum absolute atomic E-state index is 0.220. The van der Waals surface area contributed by atoms with E-state index in [-0.39, 0.29) is 5.91 Å². The van der Waals surface area contributed by atoms with E-state index in [0.717, 1.165) is 17.5 Å². The largest absolute Gasteiger partial charge is 0.480 e. The molecule has 0 radical (unpaired) electrons. The van der Waals surface area contributed by atoms with Crippen LogP contribution in [0.25, 0.3) is 11.1 Å². The molecule has 1 aromatic heterocycles. The van der Waals surface area contributed by atoms with Gasteiger partial charge < -0.3 is 10.0 Å². The molecule has 2 heterocycles. The maximum Gasteiger partial charge on any atom is 0.326 e. The second kappa shape index (κ2) is 5.63. The van der Waals surface area contributed by atoms with Crippen LogP contribution < -0.4 is 0 Å². The summed E-state index contributed by atoms with van der Waals surface area (Å²) in [5.74, 6) is -1.15. The monoisotopic (exact) mass is 299 g/mol. The fourth-order valence-corrected chi connectivity index (χ4v) is 2.81. The third-order valence-corrected chi connectivity index (χ3v) is 3.97. The molecule has 0 aliphatic carbocycles. The molecule has 0 spiro atoms. The highest BCUT2D eigenvalue weighted by atomic mass is 16.4. The molecule has 0 bridgehead atoms. The first-order valence-electron chi connectivity index (χ1n) is 7.19. The van der Waals surface area contributed by atoms with E-state index in [1.807, 2.05) is 25.4 Å². The number of benzene rings is 1. The van der Waals surface area contributed by atoms with Crippen molar-refractivity contribution in [2.24, 2.45) is 7.05 Å². The molecule has 1 atom stereocenters. The van der Waals surface area contributed by atoms with E-state index >= 15 is 0 Å². The SMILES string of the molecule is Cn1cc(-c2ccc(C(=O)N3CCCC3C(=O)O)cc2)cn1. The number of aliphatic carboxylic acids is 1. The van der Waals surface area contributed by atoms with E-state index < -0.39 is 12.0 Å². The normalized spacial score (nSPS) is 17.7. The van der Waals surface area contributed by atoms with Gasteiger partial charge in [-0.25, -0.2) is 4.79 Å². The highest BCUT2D eigenvalue weighted by molar-refractivity contribution is 5.97. The van der Waals surface area contributed by atoms with Crippen LogP contribution in [0.1, 0.15) is 23.2 Å². The Morgan fingerprint density at radius 2 is 1.95 bits per heavy atom. The van der Waals surface area contributed by atoms with Crippen LogP contribution in [0, 0.1) is 0 Å². The van der Waals surface area contributed by atoms with Gasteiger partial charge in [0.15, 0.2) is 0 Å². The third kappa shape index (κ3) is 2.59. The van der Waals surface area contributed by atoms with Crippen LogP contribution in [-0.4, -0.2) is 44.3 Å². The number of nitrogens with zero attached hydrogens (tertiary/aromatic N) is 3. The predicted molar refractivity (Wildman–Crippen MR) is 80.3 cm³/mol. The van der Waals surface area contributed by atoms with Gasteiger partial charge in [-0.15, -0.1) is 0 Å². The Bertz CT molecular complexity index is 706. The number of carboxylic acids is 1. The molecule has 6 nitrogen and oxygen atoms in total. The van der Waals surface area contributed by atoms with Gasteiger partial charge in [0.2, 0.25) is 0 Å². The second-order valence-electron chi connectivity index (χ2n) is 5.47. The standard InChI is InChI=1S/C16H17N3O3/c1-18-10-13(9-17-18)11-4-6-12(7-5-11)15(20)19-8-2-3-14(19)16(21)22/h4-7,9-10,14H,2-3,8H2,1H3,(H,21,22). The first-order valence-corrected chi connectivity index (χ1v) is 7.19. The van der Waals surface area contributed by atoms with Gasteiger partial charge >= 0.3 is 5.97 Å². The first-order chi connectivity index (χ1) is 10.6. The second-order valence-corrected chi connectivity index (χ2v) is 5.47. The van der Waals surface area contributed by atoms with Crippen molar-refractivity contribution < 1.29 is 14.7 Å². The maximum absolute atomic E-state index is 12.5. The maximum atomic E-state index is 12.5. The molecule has 114 valence electrons. The van der Waals surface area contributed by atoms with Crippen LogP contribution in [0.3, 0.4) is 0 Å². The zero-order valence-corrected chi connectivity index (χ0v) is 12.3. The van der Waals surface area contributed by atoms with Crippen molar-refractivity contribution in [3.05, 3.63) is 42.2 Å². The van der Waals surface area contributed by atoms with Gasteiger partial charge in [-0.1, -0.05) is 12.1 Å². The van der Waals surface area contributed by atoms with Gasteiger partial charge in [0.05, 0.1) is 6.20 Å². The van der Waals surface area contributed by atoms with Crippen molar-refractivity contribution in [1.82, 2.24) is 14.7 Å². The van der Waals surface area contributed by atoms with Crippen molar-refractivity contribution in [2.75, 3.05) is 6.54 Å². The first kappa shape index (κ1) is 14.3. The molecule has 1 fully saturated rings. The van der Waals surface area contributed by atoms with Crippen LogP contribution in [0.5, 0.6) is 0 Å². The Morgan fingerprint density at radius 1 is 1.23 bits per heavy atom. The van der Waals surface area contributed by atoms with Crippen molar-refractivity contribution in [1.29, 1.82) is 0 Å². The molecule has 2 aromatic rings. The van der Waals surface area contributed by atoms with Gasteiger partial charge in [-0.05, 0) is 30.5 Å². The van der Waals surface area contributed by atoms with Gasteiger partial charge in [-0.2, -0.15) is 5.10 Å². The summed E-state index contributed by atoms with van der Waals surface area (Å²) in [6.45, 7) is 0.500. The van der Waals surface area contributed by atoms with Gasteiger partial charge in [0, 0.05) is 30.9 Å². The van der Waals surface area contributed by atoms with Crippen LogP contribution >= 0.6 is 0 Å². The Morgan fingerprint density at radius 3 is 2.55 bits per heavy atom. The van der Waals surface area contributed by atoms with Gasteiger partial charge in [0.25, 0.3) is 5.91 Å². The van der Waals surface area contributed by atoms with E-state index in [4.69, 9.17) is 0 Å². The van der Waals surface area contributed by atoms with Crippen LogP contribution in [0.15, 0.2) is 36.7 Å². The summed E-state index contributed by atoms with van der Waals surface area (Å²) in [6.07, 6.45) is 4.92. The lowest BCUT2D eigenvalue weighted by atomic mass is 10.1. The van der Waals surface area contributed by atoms with Gasteiger partial charge in [0.1, 0.15) is 6.04 Å². The number of aromatic nitrogens is 2. The quantitative estimate of drug-likeness (QED) is 0.937. The molecule has 0 saturated carbocycles. The summed E-state index contributed by atoms with van der Waals surface area (Å²) in [4.78, 5) is 25.1. The molecule has 1 aliphatic heterocycles. The topological polar surface area (TPSA) is 75.4 Å². The smallest absolute Gasteiger partial charge is 0.326 e. The minimum atomic E-state index is -0.933. The van der Waals surface area contributed by atoms with E-state index in [1.54, 1.807) is 23.0 Å². The minimum Gasteiger partial charge on any atom is -0.480 e. The molecular weight excluding hydrogens is 282 g/mol. The lowest BCUT2D eigenvalue weighted by Gasteiger charge is -2.21. The highest BCUT2D eigenvalue weighted by Gasteiger charge is 2.34. The Hall–Kier alpha value is -2.63. The molecule has 1 aliphatic rings. The summed E-state index contributed by atoms with van der Waals surface area (Å²) in [5, 5.41) is 13.3. The van der Waals surface area contributed by atoms with Crippen LogP contribution in [-0.2, 0) is 11.8 Å².